The fourth-order valence-electron chi connectivity index (χ4n) is 2.48. The third-order valence-electron chi connectivity index (χ3n) is 3.49. The first-order valence-electron chi connectivity index (χ1n) is 7.72. The lowest BCUT2D eigenvalue weighted by Gasteiger charge is -2.15. The van der Waals surface area contributed by atoms with E-state index in [1.807, 2.05) is 26.0 Å². The van der Waals surface area contributed by atoms with Crippen molar-refractivity contribution in [3.8, 4) is 11.5 Å². The molecule has 1 fully saturated rings. The Labute approximate surface area is 139 Å². The summed E-state index contributed by atoms with van der Waals surface area (Å²) >= 11 is 3.52. The molecule has 22 heavy (non-hydrogen) atoms. The number of hydrogen-bond acceptors (Lipinski definition) is 4. The molecule has 0 saturated carbocycles. The lowest BCUT2D eigenvalue weighted by molar-refractivity contribution is -0.121. The molecule has 0 aromatic heterocycles. The van der Waals surface area contributed by atoms with E-state index in [2.05, 4.69) is 26.6 Å². The van der Waals surface area contributed by atoms with Crippen molar-refractivity contribution in [2.45, 2.75) is 32.7 Å². The largest absolute Gasteiger partial charge is 0.490 e. The third kappa shape index (κ3) is 4.61. The van der Waals surface area contributed by atoms with Crippen molar-refractivity contribution >= 4 is 21.8 Å². The standard InChI is InChI=1S/C16H23BrN2O3/c1-3-21-14-7-11(13(17)9-15(14)22-4-2)8-16(20)19-12-5-6-18-10-12/h7,9,12,18H,3-6,8,10H2,1-2H3,(H,19,20). The highest BCUT2D eigenvalue weighted by Crippen LogP contribution is 2.34. The monoisotopic (exact) mass is 370 g/mol. The van der Waals surface area contributed by atoms with E-state index in [-0.39, 0.29) is 11.9 Å². The molecule has 2 rings (SSSR count). The predicted octanol–water partition coefficient (Wildman–Crippen LogP) is 2.27. The molecule has 1 heterocycles. The second-order valence-electron chi connectivity index (χ2n) is 5.19. The van der Waals surface area contributed by atoms with Crippen molar-refractivity contribution in [3.05, 3.63) is 22.2 Å². The molecule has 122 valence electrons. The van der Waals surface area contributed by atoms with Gasteiger partial charge in [-0.2, -0.15) is 0 Å². The van der Waals surface area contributed by atoms with Crippen molar-refractivity contribution in [3.63, 3.8) is 0 Å². The summed E-state index contributed by atoms with van der Waals surface area (Å²) in [5.41, 5.74) is 0.898. The van der Waals surface area contributed by atoms with E-state index in [4.69, 9.17) is 9.47 Å². The Morgan fingerprint density at radius 2 is 2.00 bits per heavy atom. The van der Waals surface area contributed by atoms with Crippen LogP contribution in [-0.4, -0.2) is 38.3 Å². The van der Waals surface area contributed by atoms with Gasteiger partial charge in [0, 0.05) is 17.1 Å². The highest BCUT2D eigenvalue weighted by Gasteiger charge is 2.18. The number of halogens is 1. The van der Waals surface area contributed by atoms with E-state index in [1.54, 1.807) is 0 Å². The number of ether oxygens (including phenoxy) is 2. The van der Waals surface area contributed by atoms with Gasteiger partial charge in [-0.1, -0.05) is 15.9 Å². The SMILES string of the molecule is CCOc1cc(Br)c(CC(=O)NC2CCNC2)cc1OCC. The molecule has 1 aliphatic rings. The molecule has 1 aromatic carbocycles. The summed E-state index contributed by atoms with van der Waals surface area (Å²) in [6.45, 7) is 6.80. The summed E-state index contributed by atoms with van der Waals surface area (Å²) in [6.07, 6.45) is 1.31. The summed E-state index contributed by atoms with van der Waals surface area (Å²) in [5, 5.41) is 6.29. The van der Waals surface area contributed by atoms with E-state index >= 15 is 0 Å². The zero-order valence-electron chi connectivity index (χ0n) is 13.1. The topological polar surface area (TPSA) is 59.6 Å². The highest BCUT2D eigenvalue weighted by atomic mass is 79.9. The Bertz CT molecular complexity index is 516. The lowest BCUT2D eigenvalue weighted by atomic mass is 10.1. The van der Waals surface area contributed by atoms with Crippen LogP contribution in [0.3, 0.4) is 0 Å². The average molecular weight is 371 g/mol. The average Bonchev–Trinajstić information content (AvgIpc) is 2.97. The fraction of sp³-hybridized carbons (Fsp3) is 0.562. The molecule has 1 aromatic rings. The normalized spacial score (nSPS) is 17.3. The number of nitrogens with one attached hydrogen (secondary N) is 2. The molecule has 0 radical (unpaired) electrons. The van der Waals surface area contributed by atoms with E-state index in [0.717, 1.165) is 29.5 Å². The van der Waals surface area contributed by atoms with Gasteiger partial charge in [0.05, 0.1) is 19.6 Å². The third-order valence-corrected chi connectivity index (χ3v) is 4.23. The quantitative estimate of drug-likeness (QED) is 0.772. The van der Waals surface area contributed by atoms with Crippen LogP contribution in [0.5, 0.6) is 11.5 Å². The zero-order valence-corrected chi connectivity index (χ0v) is 14.7. The summed E-state index contributed by atoms with van der Waals surface area (Å²) in [6, 6.07) is 3.99. The summed E-state index contributed by atoms with van der Waals surface area (Å²) in [7, 11) is 0. The lowest BCUT2D eigenvalue weighted by Crippen LogP contribution is -2.37. The van der Waals surface area contributed by atoms with Gasteiger partial charge in [0.15, 0.2) is 11.5 Å². The van der Waals surface area contributed by atoms with E-state index in [1.165, 1.54) is 0 Å². The van der Waals surface area contributed by atoms with Crippen molar-refractivity contribution in [1.82, 2.24) is 10.6 Å². The van der Waals surface area contributed by atoms with Crippen molar-refractivity contribution in [2.75, 3.05) is 26.3 Å². The molecule has 6 heteroatoms. The van der Waals surface area contributed by atoms with Crippen molar-refractivity contribution in [1.29, 1.82) is 0 Å². The van der Waals surface area contributed by atoms with E-state index in [0.29, 0.717) is 31.1 Å². The summed E-state index contributed by atoms with van der Waals surface area (Å²) in [4.78, 5) is 12.2. The first kappa shape index (κ1) is 17.1. The molecule has 0 bridgehead atoms. The van der Waals surface area contributed by atoms with Gasteiger partial charge in [-0.05, 0) is 44.5 Å². The minimum atomic E-state index is 0.0287. The first-order chi connectivity index (χ1) is 10.6. The fourth-order valence-corrected chi connectivity index (χ4v) is 2.94. The number of amides is 1. The molecule has 0 spiro atoms. The van der Waals surface area contributed by atoms with Crippen LogP contribution in [0.4, 0.5) is 0 Å². The molecule has 1 unspecified atom stereocenters. The minimum absolute atomic E-state index is 0.0287. The van der Waals surface area contributed by atoms with Crippen LogP contribution in [0, 0.1) is 0 Å². The van der Waals surface area contributed by atoms with Crippen LogP contribution >= 0.6 is 15.9 Å². The molecule has 0 aliphatic carbocycles. The highest BCUT2D eigenvalue weighted by molar-refractivity contribution is 9.10. The van der Waals surface area contributed by atoms with Crippen LogP contribution in [0.25, 0.3) is 0 Å². The van der Waals surface area contributed by atoms with Crippen molar-refractivity contribution in [2.24, 2.45) is 0 Å². The van der Waals surface area contributed by atoms with E-state index in [9.17, 15) is 4.79 Å². The molecule has 1 saturated heterocycles. The Morgan fingerprint density at radius 1 is 1.32 bits per heavy atom. The summed E-state index contributed by atoms with van der Waals surface area (Å²) in [5.74, 6) is 1.40. The summed E-state index contributed by atoms with van der Waals surface area (Å²) < 4.78 is 12.0. The minimum Gasteiger partial charge on any atom is -0.490 e. The first-order valence-corrected chi connectivity index (χ1v) is 8.51. The zero-order chi connectivity index (χ0) is 15.9. The number of carbonyl (C=O) groups excluding carboxylic acids is 1. The number of hydrogen-bond donors (Lipinski definition) is 2. The Balaban J connectivity index is 2.08. The van der Waals surface area contributed by atoms with Crippen LogP contribution in [-0.2, 0) is 11.2 Å². The van der Waals surface area contributed by atoms with Gasteiger partial charge < -0.3 is 20.1 Å². The number of rotatable bonds is 7. The molecular formula is C16H23BrN2O3. The van der Waals surface area contributed by atoms with Crippen LogP contribution in [0.15, 0.2) is 16.6 Å². The van der Waals surface area contributed by atoms with Crippen molar-refractivity contribution < 1.29 is 14.3 Å². The second-order valence-corrected chi connectivity index (χ2v) is 6.04. The Morgan fingerprint density at radius 3 is 2.59 bits per heavy atom. The smallest absolute Gasteiger partial charge is 0.224 e. The van der Waals surface area contributed by atoms with Crippen LogP contribution in [0.1, 0.15) is 25.8 Å². The number of carbonyl (C=O) groups is 1. The maximum atomic E-state index is 12.2. The number of benzene rings is 1. The van der Waals surface area contributed by atoms with Crippen LogP contribution < -0.4 is 20.1 Å². The van der Waals surface area contributed by atoms with Gasteiger partial charge in [-0.15, -0.1) is 0 Å². The van der Waals surface area contributed by atoms with E-state index < -0.39 is 0 Å². The molecule has 1 aliphatic heterocycles. The maximum absolute atomic E-state index is 12.2. The predicted molar refractivity (Wildman–Crippen MR) is 89.6 cm³/mol. The molecule has 2 N–H and O–H groups in total. The van der Waals surface area contributed by atoms with Gasteiger partial charge in [0.25, 0.3) is 0 Å². The molecule has 1 atom stereocenters. The Kier molecular flexibility index (Phi) is 6.51. The molecule has 1 amide bonds. The van der Waals surface area contributed by atoms with Gasteiger partial charge >= 0.3 is 0 Å². The maximum Gasteiger partial charge on any atom is 0.224 e. The second kappa shape index (κ2) is 8.39. The van der Waals surface area contributed by atoms with Gasteiger partial charge in [-0.3, -0.25) is 4.79 Å². The molecule has 5 nitrogen and oxygen atoms in total. The van der Waals surface area contributed by atoms with Gasteiger partial charge in [0.2, 0.25) is 5.91 Å². The van der Waals surface area contributed by atoms with Crippen LogP contribution in [0.2, 0.25) is 0 Å². The molecular weight excluding hydrogens is 348 g/mol. The van der Waals surface area contributed by atoms with Gasteiger partial charge in [0.1, 0.15) is 0 Å². The Hall–Kier alpha value is -1.27. The van der Waals surface area contributed by atoms with Gasteiger partial charge in [-0.25, -0.2) is 0 Å².